The summed E-state index contributed by atoms with van der Waals surface area (Å²) in [7, 11) is 0. The van der Waals surface area contributed by atoms with Crippen molar-refractivity contribution in [1.29, 1.82) is 0 Å². The molecule has 3 aromatic carbocycles. The summed E-state index contributed by atoms with van der Waals surface area (Å²) in [4.78, 5) is 54.5. The monoisotopic (exact) mass is 468 g/mol. The Morgan fingerprint density at radius 2 is 1.66 bits per heavy atom. The number of anilines is 2. The quantitative estimate of drug-likeness (QED) is 0.423. The minimum absolute atomic E-state index is 0.0294. The lowest BCUT2D eigenvalue weighted by atomic mass is 10.1. The zero-order valence-electron chi connectivity index (χ0n) is 19.7. The molecule has 3 aromatic rings. The van der Waals surface area contributed by atoms with E-state index >= 15 is 0 Å². The predicted molar refractivity (Wildman–Crippen MR) is 131 cm³/mol. The number of imide groups is 1. The van der Waals surface area contributed by atoms with Gasteiger partial charge in [-0.2, -0.15) is 0 Å². The van der Waals surface area contributed by atoms with Crippen LogP contribution in [0.1, 0.15) is 54.7 Å². The van der Waals surface area contributed by atoms with E-state index in [1.807, 2.05) is 57.2 Å². The number of para-hydroxylation sites is 1. The Labute approximate surface area is 202 Å². The van der Waals surface area contributed by atoms with Gasteiger partial charge in [-0.1, -0.05) is 30.3 Å². The van der Waals surface area contributed by atoms with E-state index in [-0.39, 0.29) is 28.6 Å². The molecule has 176 valence electrons. The van der Waals surface area contributed by atoms with Crippen LogP contribution in [-0.4, -0.2) is 36.3 Å². The number of fused-ring (bicyclic) bond motifs is 2. The lowest BCUT2D eigenvalue weighted by molar-refractivity contribution is -0.122. The van der Waals surface area contributed by atoms with Crippen LogP contribution >= 0.6 is 0 Å². The fraction of sp³-hybridized carbons (Fsp3) is 0.214. The lowest BCUT2D eigenvalue weighted by Crippen LogP contribution is -2.38. The van der Waals surface area contributed by atoms with Crippen LogP contribution in [-0.2, 0) is 16.0 Å². The molecule has 0 fully saturated rings. The van der Waals surface area contributed by atoms with Crippen molar-refractivity contribution in [2.24, 2.45) is 0 Å². The summed E-state index contributed by atoms with van der Waals surface area (Å²) in [5.74, 6) is -1.97. The third-order valence-electron chi connectivity index (χ3n) is 6.53. The van der Waals surface area contributed by atoms with Gasteiger partial charge in [0.15, 0.2) is 6.61 Å². The van der Waals surface area contributed by atoms with Gasteiger partial charge in [0.05, 0.1) is 22.4 Å². The van der Waals surface area contributed by atoms with Gasteiger partial charge in [-0.15, -0.1) is 0 Å². The van der Waals surface area contributed by atoms with E-state index in [1.54, 1.807) is 11.0 Å². The molecule has 1 atom stereocenters. The number of hydrogen-bond donors (Lipinski definition) is 0. The van der Waals surface area contributed by atoms with Crippen molar-refractivity contribution in [3.05, 3.63) is 94.0 Å². The number of rotatable bonds is 4. The topological polar surface area (TPSA) is 84.0 Å². The van der Waals surface area contributed by atoms with Crippen molar-refractivity contribution in [3.63, 3.8) is 0 Å². The fourth-order valence-corrected chi connectivity index (χ4v) is 4.77. The third-order valence-corrected chi connectivity index (χ3v) is 6.53. The SMILES string of the molecule is Cc1ccc(C)c(N2C(=O)c3ccc(C(=O)OCC(=O)N4c5ccccc5C[C@H]4C)cc3C2=O)c1. The maximum atomic E-state index is 13.1. The number of benzene rings is 3. The van der Waals surface area contributed by atoms with E-state index in [0.29, 0.717) is 5.69 Å². The standard InChI is InChI=1S/C28H24N2O5/c1-16-8-9-17(2)24(12-16)30-26(32)21-11-10-20(14-22(21)27(30)33)28(34)35-15-25(31)29-18(3)13-19-6-4-5-7-23(19)29/h4-12,14,18H,13,15H2,1-3H3/t18-/m1/s1. The van der Waals surface area contributed by atoms with Crippen LogP contribution in [0.5, 0.6) is 0 Å². The van der Waals surface area contributed by atoms with Gasteiger partial charge in [-0.25, -0.2) is 9.69 Å². The van der Waals surface area contributed by atoms with Crippen molar-refractivity contribution < 1.29 is 23.9 Å². The molecule has 5 rings (SSSR count). The second-order valence-corrected chi connectivity index (χ2v) is 9.02. The molecule has 0 unspecified atom stereocenters. The van der Waals surface area contributed by atoms with Gasteiger partial charge >= 0.3 is 5.97 Å². The average Bonchev–Trinajstić information content (AvgIpc) is 3.31. The van der Waals surface area contributed by atoms with Gasteiger partial charge in [0.1, 0.15) is 0 Å². The van der Waals surface area contributed by atoms with Crippen molar-refractivity contribution in [2.45, 2.75) is 33.2 Å². The zero-order chi connectivity index (χ0) is 24.9. The van der Waals surface area contributed by atoms with Gasteiger partial charge < -0.3 is 9.64 Å². The number of esters is 1. The van der Waals surface area contributed by atoms with E-state index < -0.39 is 24.4 Å². The number of ether oxygens (including phenoxy) is 1. The molecular weight excluding hydrogens is 444 g/mol. The van der Waals surface area contributed by atoms with Gasteiger partial charge in [0, 0.05) is 11.7 Å². The Morgan fingerprint density at radius 1 is 0.914 bits per heavy atom. The molecule has 0 aliphatic carbocycles. The number of amides is 3. The molecule has 0 spiro atoms. The third kappa shape index (κ3) is 3.79. The summed E-state index contributed by atoms with van der Waals surface area (Å²) in [6.45, 7) is 5.25. The minimum Gasteiger partial charge on any atom is -0.452 e. The summed E-state index contributed by atoms with van der Waals surface area (Å²) in [5.41, 5.74) is 4.61. The molecule has 0 saturated carbocycles. The van der Waals surface area contributed by atoms with E-state index in [2.05, 4.69) is 0 Å². The lowest BCUT2D eigenvalue weighted by Gasteiger charge is -2.22. The van der Waals surface area contributed by atoms with Gasteiger partial charge in [0.25, 0.3) is 17.7 Å². The van der Waals surface area contributed by atoms with Crippen molar-refractivity contribution in [2.75, 3.05) is 16.4 Å². The summed E-state index contributed by atoms with van der Waals surface area (Å²) < 4.78 is 5.29. The second kappa shape index (κ2) is 8.51. The molecule has 0 bridgehead atoms. The maximum Gasteiger partial charge on any atom is 0.338 e. The van der Waals surface area contributed by atoms with Gasteiger partial charge in [-0.05, 0) is 74.2 Å². The molecule has 7 nitrogen and oxygen atoms in total. The molecule has 3 amide bonds. The Bertz CT molecular complexity index is 1410. The smallest absolute Gasteiger partial charge is 0.338 e. The van der Waals surface area contributed by atoms with Crippen LogP contribution < -0.4 is 9.80 Å². The summed E-state index contributed by atoms with van der Waals surface area (Å²) in [5, 5.41) is 0. The van der Waals surface area contributed by atoms with Crippen LogP contribution in [0.25, 0.3) is 0 Å². The Morgan fingerprint density at radius 3 is 2.46 bits per heavy atom. The van der Waals surface area contributed by atoms with E-state index in [0.717, 1.165) is 33.7 Å². The predicted octanol–water partition coefficient (Wildman–Crippen LogP) is 4.24. The Balaban J connectivity index is 1.33. The number of nitrogens with zero attached hydrogens (tertiary/aromatic N) is 2. The van der Waals surface area contributed by atoms with Crippen LogP contribution in [0.2, 0.25) is 0 Å². The number of carbonyl (C=O) groups excluding carboxylic acids is 4. The first kappa shape index (κ1) is 22.5. The van der Waals surface area contributed by atoms with Crippen LogP contribution in [0.15, 0.2) is 60.7 Å². The first-order valence-electron chi connectivity index (χ1n) is 11.4. The molecule has 2 heterocycles. The Hall–Kier alpha value is -4.26. The number of aryl methyl sites for hydroxylation is 2. The highest BCUT2D eigenvalue weighted by Crippen LogP contribution is 2.33. The first-order chi connectivity index (χ1) is 16.8. The average molecular weight is 469 g/mol. The highest BCUT2D eigenvalue weighted by Gasteiger charge is 2.38. The highest BCUT2D eigenvalue weighted by atomic mass is 16.5. The molecular formula is C28H24N2O5. The number of hydrogen-bond acceptors (Lipinski definition) is 5. The van der Waals surface area contributed by atoms with Crippen molar-refractivity contribution in [1.82, 2.24) is 0 Å². The van der Waals surface area contributed by atoms with Gasteiger partial charge in [-0.3, -0.25) is 14.4 Å². The maximum absolute atomic E-state index is 13.1. The summed E-state index contributed by atoms with van der Waals surface area (Å²) in [6, 6.07) is 17.4. The van der Waals surface area contributed by atoms with E-state index in [1.165, 1.54) is 18.2 Å². The van der Waals surface area contributed by atoms with Crippen molar-refractivity contribution >= 4 is 35.1 Å². The zero-order valence-corrected chi connectivity index (χ0v) is 19.7. The van der Waals surface area contributed by atoms with Crippen molar-refractivity contribution in [3.8, 4) is 0 Å². The second-order valence-electron chi connectivity index (χ2n) is 9.02. The summed E-state index contributed by atoms with van der Waals surface area (Å²) >= 11 is 0. The molecule has 2 aliphatic heterocycles. The molecule has 0 radical (unpaired) electrons. The van der Waals surface area contributed by atoms with Crippen LogP contribution in [0.3, 0.4) is 0 Å². The molecule has 0 aromatic heterocycles. The first-order valence-corrected chi connectivity index (χ1v) is 11.4. The van der Waals surface area contributed by atoms with E-state index in [4.69, 9.17) is 4.74 Å². The highest BCUT2D eigenvalue weighted by molar-refractivity contribution is 6.35. The minimum atomic E-state index is -0.730. The normalized spacial score (nSPS) is 16.4. The summed E-state index contributed by atoms with van der Waals surface area (Å²) in [6.07, 6.45) is 0.744. The van der Waals surface area contributed by atoms with E-state index in [9.17, 15) is 19.2 Å². The molecule has 0 saturated heterocycles. The fourth-order valence-electron chi connectivity index (χ4n) is 4.77. The molecule has 0 N–H and O–H groups in total. The largest absolute Gasteiger partial charge is 0.452 e. The van der Waals surface area contributed by atoms with Gasteiger partial charge in [0.2, 0.25) is 0 Å². The Kier molecular flexibility index (Phi) is 5.47. The van der Waals surface area contributed by atoms with Crippen LogP contribution in [0.4, 0.5) is 11.4 Å². The molecule has 35 heavy (non-hydrogen) atoms. The number of carbonyl (C=O) groups is 4. The molecule has 2 aliphatic rings. The van der Waals surface area contributed by atoms with Crippen LogP contribution in [0, 0.1) is 13.8 Å². The molecule has 7 heteroatoms.